The molecule has 2 aliphatic carbocycles. The highest BCUT2D eigenvalue weighted by Crippen LogP contribution is 2.47. The lowest BCUT2D eigenvalue weighted by molar-refractivity contribution is 0.474. The van der Waals surface area contributed by atoms with Crippen molar-refractivity contribution in [2.45, 2.75) is 38.1 Å². The van der Waals surface area contributed by atoms with Crippen LogP contribution in [0.3, 0.4) is 0 Å². The van der Waals surface area contributed by atoms with Gasteiger partial charge in [-0.15, -0.1) is 0 Å². The topological polar surface area (TPSA) is 25.2 Å². The first-order valence-electron chi connectivity index (χ1n) is 5.62. The zero-order valence-corrected chi connectivity index (χ0v) is 8.62. The minimum absolute atomic E-state index is 0.704. The van der Waals surface area contributed by atoms with E-state index in [1.165, 1.54) is 31.6 Å². The van der Waals surface area contributed by atoms with Crippen LogP contribution in [0.4, 0.5) is 0 Å². The van der Waals surface area contributed by atoms with E-state index >= 15 is 0 Å². The fraction of sp³-hybridized carbons (Fsp3) is 0.667. The molecule has 1 aromatic rings. The summed E-state index contributed by atoms with van der Waals surface area (Å²) in [4.78, 5) is 0. The maximum Gasteiger partial charge on any atom is 0.107 e. The van der Waals surface area contributed by atoms with Crippen LogP contribution in [0, 0.1) is 12.8 Å². The molecule has 2 unspecified atom stereocenters. The van der Waals surface area contributed by atoms with E-state index in [1.807, 2.05) is 6.92 Å². The zero-order valence-electron chi connectivity index (χ0n) is 8.62. The van der Waals surface area contributed by atoms with Crippen LogP contribution in [-0.2, 0) is 0 Å². The molecule has 1 heterocycles. The van der Waals surface area contributed by atoms with Crippen LogP contribution < -0.4 is 5.32 Å². The minimum Gasteiger partial charge on any atom is -0.466 e. The number of rotatable bonds is 4. The summed E-state index contributed by atoms with van der Waals surface area (Å²) < 4.78 is 5.63. The third-order valence-electron chi connectivity index (χ3n) is 3.30. The average molecular weight is 191 g/mol. The molecule has 0 aromatic carbocycles. The Morgan fingerprint density at radius 2 is 2.29 bits per heavy atom. The molecule has 0 amide bonds. The second-order valence-corrected chi connectivity index (χ2v) is 4.73. The largest absolute Gasteiger partial charge is 0.466 e. The van der Waals surface area contributed by atoms with Gasteiger partial charge in [0.1, 0.15) is 11.5 Å². The van der Waals surface area contributed by atoms with E-state index in [4.69, 9.17) is 4.42 Å². The van der Waals surface area contributed by atoms with E-state index in [0.29, 0.717) is 5.92 Å². The highest BCUT2D eigenvalue weighted by Gasteiger charge is 2.40. The Morgan fingerprint density at radius 1 is 1.43 bits per heavy atom. The molecule has 0 aliphatic heterocycles. The number of aryl methyl sites for hydroxylation is 1. The van der Waals surface area contributed by atoms with E-state index in [0.717, 1.165) is 17.7 Å². The van der Waals surface area contributed by atoms with Crippen LogP contribution in [0.2, 0.25) is 0 Å². The molecule has 1 N–H and O–H groups in total. The molecule has 0 bridgehead atoms. The quantitative estimate of drug-likeness (QED) is 0.790. The molecule has 1 aromatic heterocycles. The van der Waals surface area contributed by atoms with E-state index in [1.54, 1.807) is 0 Å². The Balaban J connectivity index is 1.51. The van der Waals surface area contributed by atoms with Gasteiger partial charge in [-0.2, -0.15) is 0 Å². The van der Waals surface area contributed by atoms with Crippen molar-refractivity contribution in [2.75, 3.05) is 6.54 Å². The monoisotopic (exact) mass is 191 g/mol. The summed E-state index contributed by atoms with van der Waals surface area (Å²) in [5.74, 6) is 3.78. The number of nitrogens with one attached hydrogen (secondary N) is 1. The first-order chi connectivity index (χ1) is 6.83. The van der Waals surface area contributed by atoms with Gasteiger partial charge in [0, 0.05) is 12.0 Å². The van der Waals surface area contributed by atoms with Gasteiger partial charge in [0.05, 0.1) is 0 Å². The van der Waals surface area contributed by atoms with Gasteiger partial charge in [-0.05, 0) is 50.8 Å². The van der Waals surface area contributed by atoms with Gasteiger partial charge >= 0.3 is 0 Å². The normalized spacial score (nSPS) is 30.6. The molecule has 2 heteroatoms. The van der Waals surface area contributed by atoms with Crippen LogP contribution in [0.5, 0.6) is 0 Å². The Hall–Kier alpha value is -0.760. The summed E-state index contributed by atoms with van der Waals surface area (Å²) in [5, 5.41) is 3.58. The molecule has 14 heavy (non-hydrogen) atoms. The lowest BCUT2D eigenvalue weighted by Gasteiger charge is -1.99. The number of hydrogen-bond donors (Lipinski definition) is 1. The molecule has 2 fully saturated rings. The minimum atomic E-state index is 0.704. The fourth-order valence-electron chi connectivity index (χ4n) is 2.08. The molecule has 0 spiro atoms. The summed E-state index contributed by atoms with van der Waals surface area (Å²) in [6, 6.07) is 5.05. The molecule has 2 saturated carbocycles. The van der Waals surface area contributed by atoms with Crippen LogP contribution in [0.15, 0.2) is 16.5 Å². The van der Waals surface area contributed by atoms with Crippen molar-refractivity contribution in [2.24, 2.45) is 5.92 Å². The van der Waals surface area contributed by atoms with Crippen molar-refractivity contribution in [1.82, 2.24) is 5.32 Å². The average Bonchev–Trinajstić information content (AvgIpc) is 3.06. The number of hydrogen-bond acceptors (Lipinski definition) is 2. The van der Waals surface area contributed by atoms with Crippen LogP contribution in [-0.4, -0.2) is 12.6 Å². The summed E-state index contributed by atoms with van der Waals surface area (Å²) in [5.41, 5.74) is 0. The van der Waals surface area contributed by atoms with Gasteiger partial charge < -0.3 is 9.73 Å². The predicted molar refractivity (Wildman–Crippen MR) is 55.3 cm³/mol. The smallest absolute Gasteiger partial charge is 0.107 e. The Labute approximate surface area is 84.7 Å². The molecule has 3 rings (SSSR count). The van der Waals surface area contributed by atoms with Gasteiger partial charge in [0.25, 0.3) is 0 Å². The second-order valence-electron chi connectivity index (χ2n) is 4.73. The van der Waals surface area contributed by atoms with Crippen LogP contribution >= 0.6 is 0 Å². The molecular formula is C12H17NO. The molecule has 0 saturated heterocycles. The van der Waals surface area contributed by atoms with Crippen molar-refractivity contribution >= 4 is 0 Å². The van der Waals surface area contributed by atoms with E-state index in [2.05, 4.69) is 17.4 Å². The van der Waals surface area contributed by atoms with Gasteiger partial charge in [0.2, 0.25) is 0 Å². The highest BCUT2D eigenvalue weighted by molar-refractivity contribution is 5.18. The first-order valence-corrected chi connectivity index (χ1v) is 5.62. The Bertz CT molecular complexity index is 327. The molecular weight excluding hydrogens is 174 g/mol. The lowest BCUT2D eigenvalue weighted by Crippen LogP contribution is -2.19. The predicted octanol–water partition coefficient (Wildman–Crippen LogP) is 2.44. The summed E-state index contributed by atoms with van der Waals surface area (Å²) in [7, 11) is 0. The highest BCUT2D eigenvalue weighted by atomic mass is 16.3. The SMILES string of the molecule is Cc1ccc(C2CC2CNC2CC2)o1. The zero-order chi connectivity index (χ0) is 9.54. The van der Waals surface area contributed by atoms with E-state index in [9.17, 15) is 0 Å². The van der Waals surface area contributed by atoms with Crippen molar-refractivity contribution < 1.29 is 4.42 Å². The van der Waals surface area contributed by atoms with E-state index in [-0.39, 0.29) is 0 Å². The first kappa shape index (κ1) is 8.54. The van der Waals surface area contributed by atoms with Gasteiger partial charge in [0.15, 0.2) is 0 Å². The van der Waals surface area contributed by atoms with Gasteiger partial charge in [-0.25, -0.2) is 0 Å². The third-order valence-corrected chi connectivity index (χ3v) is 3.30. The molecule has 0 radical (unpaired) electrons. The van der Waals surface area contributed by atoms with Crippen LogP contribution in [0.1, 0.15) is 36.7 Å². The van der Waals surface area contributed by atoms with E-state index < -0.39 is 0 Å². The summed E-state index contributed by atoms with van der Waals surface area (Å²) >= 11 is 0. The lowest BCUT2D eigenvalue weighted by atomic mass is 10.2. The summed E-state index contributed by atoms with van der Waals surface area (Å²) in [6.07, 6.45) is 4.08. The van der Waals surface area contributed by atoms with Crippen LogP contribution in [0.25, 0.3) is 0 Å². The fourth-order valence-corrected chi connectivity index (χ4v) is 2.08. The van der Waals surface area contributed by atoms with Crippen molar-refractivity contribution in [1.29, 1.82) is 0 Å². The van der Waals surface area contributed by atoms with Gasteiger partial charge in [-0.1, -0.05) is 0 Å². The Morgan fingerprint density at radius 3 is 2.93 bits per heavy atom. The maximum absolute atomic E-state index is 5.63. The molecule has 76 valence electrons. The standard InChI is InChI=1S/C12H17NO/c1-8-2-5-12(14-8)11-6-9(11)7-13-10-3-4-10/h2,5,9-11,13H,3-4,6-7H2,1H3. The Kier molecular flexibility index (Phi) is 1.91. The second kappa shape index (κ2) is 3.13. The summed E-state index contributed by atoms with van der Waals surface area (Å²) in [6.45, 7) is 3.21. The maximum atomic E-state index is 5.63. The molecule has 2 aliphatic rings. The van der Waals surface area contributed by atoms with Crippen molar-refractivity contribution in [3.05, 3.63) is 23.7 Å². The molecule has 2 nitrogen and oxygen atoms in total. The van der Waals surface area contributed by atoms with Crippen molar-refractivity contribution in [3.63, 3.8) is 0 Å². The third kappa shape index (κ3) is 1.71. The molecule has 2 atom stereocenters. The van der Waals surface area contributed by atoms with Crippen molar-refractivity contribution in [3.8, 4) is 0 Å². The van der Waals surface area contributed by atoms with Gasteiger partial charge in [-0.3, -0.25) is 0 Å². The number of furan rings is 1.